The van der Waals surface area contributed by atoms with Crippen LogP contribution in [0.4, 0.5) is 17.5 Å². The zero-order valence-electron chi connectivity index (χ0n) is 14.4. The highest BCUT2D eigenvalue weighted by Gasteiger charge is 2.03. The Bertz CT molecular complexity index is 903. The number of hydrogen-bond donors (Lipinski definition) is 2. The van der Waals surface area contributed by atoms with Gasteiger partial charge in [0.2, 0.25) is 5.95 Å². The summed E-state index contributed by atoms with van der Waals surface area (Å²) in [5.74, 6) is 2.12. The maximum Gasteiger partial charge on any atom is 0.224 e. The number of nitrogens with one attached hydrogen (secondary N) is 2. The first-order valence-corrected chi connectivity index (χ1v) is 8.24. The summed E-state index contributed by atoms with van der Waals surface area (Å²) in [6.07, 6.45) is 2.51. The standard InChI is InChI=1S/C20H19N5O/c1-26-18-5-3-2-4-16(18)10-12-22-20-23-13-11-19(25-20)24-17-8-6-15(14-21)7-9-17/h2-9,11,13H,10,12H2,1H3,(H2,22,23,24,25). The van der Waals surface area contributed by atoms with Gasteiger partial charge in [0, 0.05) is 18.4 Å². The quantitative estimate of drug-likeness (QED) is 0.678. The number of ether oxygens (including phenoxy) is 1. The number of anilines is 3. The third-order valence-corrected chi connectivity index (χ3v) is 3.81. The molecule has 0 aliphatic heterocycles. The van der Waals surface area contributed by atoms with E-state index in [2.05, 4.69) is 26.7 Å². The lowest BCUT2D eigenvalue weighted by Crippen LogP contribution is -2.09. The van der Waals surface area contributed by atoms with Crippen molar-refractivity contribution in [2.45, 2.75) is 6.42 Å². The molecule has 26 heavy (non-hydrogen) atoms. The van der Waals surface area contributed by atoms with Gasteiger partial charge in [-0.15, -0.1) is 0 Å². The van der Waals surface area contributed by atoms with Gasteiger partial charge in [0.15, 0.2) is 0 Å². The van der Waals surface area contributed by atoms with Crippen LogP contribution in [0.1, 0.15) is 11.1 Å². The molecule has 2 aromatic carbocycles. The van der Waals surface area contributed by atoms with Crippen molar-refractivity contribution in [1.29, 1.82) is 5.26 Å². The smallest absolute Gasteiger partial charge is 0.224 e. The van der Waals surface area contributed by atoms with E-state index in [1.54, 1.807) is 31.5 Å². The largest absolute Gasteiger partial charge is 0.496 e. The van der Waals surface area contributed by atoms with Crippen LogP contribution >= 0.6 is 0 Å². The monoisotopic (exact) mass is 345 g/mol. The first-order valence-electron chi connectivity index (χ1n) is 8.24. The van der Waals surface area contributed by atoms with Crippen LogP contribution < -0.4 is 15.4 Å². The molecule has 0 saturated heterocycles. The van der Waals surface area contributed by atoms with Crippen molar-refractivity contribution in [3.63, 3.8) is 0 Å². The lowest BCUT2D eigenvalue weighted by atomic mass is 10.1. The van der Waals surface area contributed by atoms with E-state index in [9.17, 15) is 0 Å². The van der Waals surface area contributed by atoms with E-state index < -0.39 is 0 Å². The molecule has 0 aliphatic carbocycles. The van der Waals surface area contributed by atoms with Crippen molar-refractivity contribution in [1.82, 2.24) is 9.97 Å². The molecule has 0 bridgehead atoms. The summed E-state index contributed by atoms with van der Waals surface area (Å²) in [6.45, 7) is 0.695. The number of rotatable bonds is 7. The molecule has 2 N–H and O–H groups in total. The maximum absolute atomic E-state index is 8.85. The van der Waals surface area contributed by atoms with Gasteiger partial charge in [-0.2, -0.15) is 10.2 Å². The summed E-state index contributed by atoms with van der Waals surface area (Å²) >= 11 is 0. The van der Waals surface area contributed by atoms with E-state index in [0.29, 0.717) is 23.9 Å². The summed E-state index contributed by atoms with van der Waals surface area (Å²) in [5.41, 5.74) is 2.62. The molecular formula is C20H19N5O. The van der Waals surface area contributed by atoms with Crippen LogP contribution in [0.5, 0.6) is 5.75 Å². The number of nitriles is 1. The fourth-order valence-electron chi connectivity index (χ4n) is 2.51. The normalized spacial score (nSPS) is 10.0. The lowest BCUT2D eigenvalue weighted by molar-refractivity contribution is 0.410. The van der Waals surface area contributed by atoms with E-state index in [4.69, 9.17) is 10.00 Å². The Morgan fingerprint density at radius 3 is 2.65 bits per heavy atom. The Morgan fingerprint density at radius 2 is 1.88 bits per heavy atom. The fraction of sp³-hybridized carbons (Fsp3) is 0.150. The molecule has 130 valence electrons. The van der Waals surface area contributed by atoms with Gasteiger partial charge in [-0.3, -0.25) is 0 Å². The number of methoxy groups -OCH3 is 1. The minimum Gasteiger partial charge on any atom is -0.496 e. The lowest BCUT2D eigenvalue weighted by Gasteiger charge is -2.10. The second kappa shape index (κ2) is 8.49. The fourth-order valence-corrected chi connectivity index (χ4v) is 2.51. The number of para-hydroxylation sites is 1. The zero-order valence-corrected chi connectivity index (χ0v) is 14.4. The highest BCUT2D eigenvalue weighted by molar-refractivity contribution is 5.58. The molecule has 0 amide bonds. The molecule has 0 saturated carbocycles. The van der Waals surface area contributed by atoms with E-state index in [1.807, 2.05) is 36.4 Å². The molecule has 0 fully saturated rings. The van der Waals surface area contributed by atoms with Crippen LogP contribution in [0, 0.1) is 11.3 Å². The summed E-state index contributed by atoms with van der Waals surface area (Å²) < 4.78 is 5.36. The van der Waals surface area contributed by atoms with Gasteiger partial charge >= 0.3 is 0 Å². The number of aromatic nitrogens is 2. The average Bonchev–Trinajstić information content (AvgIpc) is 2.69. The van der Waals surface area contributed by atoms with Gasteiger partial charge in [0.25, 0.3) is 0 Å². The summed E-state index contributed by atoms with van der Waals surface area (Å²) in [4.78, 5) is 8.70. The first kappa shape index (κ1) is 17.2. The van der Waals surface area contributed by atoms with E-state index >= 15 is 0 Å². The molecule has 1 aromatic heterocycles. The third-order valence-electron chi connectivity index (χ3n) is 3.81. The Balaban J connectivity index is 1.59. The maximum atomic E-state index is 8.85. The van der Waals surface area contributed by atoms with Crippen LogP contribution in [-0.4, -0.2) is 23.6 Å². The van der Waals surface area contributed by atoms with Crippen molar-refractivity contribution >= 4 is 17.5 Å². The number of hydrogen-bond acceptors (Lipinski definition) is 6. The predicted molar refractivity (Wildman–Crippen MR) is 102 cm³/mol. The minimum atomic E-state index is 0.554. The van der Waals surface area contributed by atoms with E-state index in [1.165, 1.54) is 0 Å². The number of benzene rings is 2. The predicted octanol–water partition coefficient (Wildman–Crippen LogP) is 3.76. The van der Waals surface area contributed by atoms with Gasteiger partial charge in [-0.05, 0) is 48.4 Å². The SMILES string of the molecule is COc1ccccc1CCNc1nccc(Nc2ccc(C#N)cc2)n1. The first-order chi connectivity index (χ1) is 12.8. The summed E-state index contributed by atoms with van der Waals surface area (Å²) in [5, 5.41) is 15.3. The summed E-state index contributed by atoms with van der Waals surface area (Å²) in [6, 6.07) is 19.1. The highest BCUT2D eigenvalue weighted by Crippen LogP contribution is 2.18. The topological polar surface area (TPSA) is 82.9 Å². The average molecular weight is 345 g/mol. The van der Waals surface area contributed by atoms with Crippen molar-refractivity contribution in [3.05, 3.63) is 71.9 Å². The van der Waals surface area contributed by atoms with Crippen LogP contribution in [0.3, 0.4) is 0 Å². The summed E-state index contributed by atoms with van der Waals surface area (Å²) in [7, 11) is 1.67. The second-order valence-corrected chi connectivity index (χ2v) is 5.57. The van der Waals surface area contributed by atoms with Crippen LogP contribution in [-0.2, 0) is 6.42 Å². The van der Waals surface area contributed by atoms with Crippen LogP contribution in [0.15, 0.2) is 60.8 Å². The van der Waals surface area contributed by atoms with Gasteiger partial charge in [0.05, 0.1) is 18.7 Å². The number of nitrogens with zero attached hydrogens (tertiary/aromatic N) is 3. The molecule has 1 heterocycles. The van der Waals surface area contributed by atoms with Crippen molar-refractivity contribution in [2.24, 2.45) is 0 Å². The van der Waals surface area contributed by atoms with Crippen LogP contribution in [0.2, 0.25) is 0 Å². The molecule has 6 heteroatoms. The Hall–Kier alpha value is -3.59. The molecular weight excluding hydrogens is 326 g/mol. The third kappa shape index (κ3) is 4.48. The molecule has 0 spiro atoms. The van der Waals surface area contributed by atoms with Gasteiger partial charge < -0.3 is 15.4 Å². The molecule has 6 nitrogen and oxygen atoms in total. The molecule has 0 radical (unpaired) electrons. The molecule has 3 rings (SSSR count). The van der Waals surface area contributed by atoms with Crippen molar-refractivity contribution in [2.75, 3.05) is 24.3 Å². The zero-order chi connectivity index (χ0) is 18.2. The van der Waals surface area contributed by atoms with Gasteiger partial charge in [-0.25, -0.2) is 4.98 Å². The Morgan fingerprint density at radius 1 is 1.08 bits per heavy atom. The van der Waals surface area contributed by atoms with Gasteiger partial charge in [-0.1, -0.05) is 18.2 Å². The Labute approximate surface area is 152 Å². The second-order valence-electron chi connectivity index (χ2n) is 5.57. The molecule has 0 aliphatic rings. The minimum absolute atomic E-state index is 0.554. The molecule has 0 unspecified atom stereocenters. The Kier molecular flexibility index (Phi) is 5.63. The van der Waals surface area contributed by atoms with Crippen LogP contribution in [0.25, 0.3) is 0 Å². The van der Waals surface area contributed by atoms with E-state index in [-0.39, 0.29) is 0 Å². The van der Waals surface area contributed by atoms with Gasteiger partial charge in [0.1, 0.15) is 11.6 Å². The van der Waals surface area contributed by atoms with E-state index in [0.717, 1.165) is 23.4 Å². The molecule has 0 atom stereocenters. The van der Waals surface area contributed by atoms with Crippen molar-refractivity contribution in [3.8, 4) is 11.8 Å². The molecule has 3 aromatic rings. The van der Waals surface area contributed by atoms with Crippen molar-refractivity contribution < 1.29 is 4.74 Å². The highest BCUT2D eigenvalue weighted by atomic mass is 16.5.